The van der Waals surface area contributed by atoms with E-state index in [4.69, 9.17) is 0 Å². The molecule has 0 aromatic heterocycles. The van der Waals surface area contributed by atoms with Crippen molar-refractivity contribution in [2.45, 2.75) is 63.6 Å². The number of benzene rings is 1. The standard InChI is InChI=1S/C19H27N3O2.ClH/c1-13-2-4-14(5-3-13)6-9-18(23)20-12-19(24)22-17-10-15-7-8-16(11-17)21-15;/h2-5,15-17,21H,6-12H2,1H3,(H,20,23)(H,22,24);1H. The van der Waals surface area contributed by atoms with Crippen molar-refractivity contribution in [3.05, 3.63) is 35.4 Å². The highest BCUT2D eigenvalue weighted by atomic mass is 35.5. The van der Waals surface area contributed by atoms with Crippen molar-refractivity contribution in [2.75, 3.05) is 6.54 Å². The molecule has 2 saturated heterocycles. The van der Waals surface area contributed by atoms with E-state index >= 15 is 0 Å². The Labute approximate surface area is 155 Å². The summed E-state index contributed by atoms with van der Waals surface area (Å²) < 4.78 is 0. The maximum Gasteiger partial charge on any atom is 0.239 e. The molecule has 0 saturated carbocycles. The van der Waals surface area contributed by atoms with Gasteiger partial charge >= 0.3 is 0 Å². The summed E-state index contributed by atoms with van der Waals surface area (Å²) in [6.07, 6.45) is 5.55. The number of rotatable bonds is 6. The molecule has 0 radical (unpaired) electrons. The van der Waals surface area contributed by atoms with Crippen LogP contribution < -0.4 is 16.0 Å². The van der Waals surface area contributed by atoms with Crippen molar-refractivity contribution in [3.63, 3.8) is 0 Å². The number of fused-ring (bicyclic) bond motifs is 2. The highest BCUT2D eigenvalue weighted by Crippen LogP contribution is 2.26. The predicted molar refractivity (Wildman–Crippen MR) is 101 cm³/mol. The van der Waals surface area contributed by atoms with Crippen LogP contribution in [-0.4, -0.2) is 36.5 Å². The molecule has 2 fully saturated rings. The van der Waals surface area contributed by atoms with E-state index in [1.807, 2.05) is 31.2 Å². The van der Waals surface area contributed by atoms with Gasteiger partial charge < -0.3 is 16.0 Å². The van der Waals surface area contributed by atoms with E-state index in [1.165, 1.54) is 18.4 Å². The van der Waals surface area contributed by atoms with Crippen LogP contribution in [0.15, 0.2) is 24.3 Å². The van der Waals surface area contributed by atoms with Crippen molar-refractivity contribution in [1.82, 2.24) is 16.0 Å². The Morgan fingerprint density at radius 2 is 1.72 bits per heavy atom. The largest absolute Gasteiger partial charge is 0.352 e. The molecule has 6 heteroatoms. The zero-order valence-corrected chi connectivity index (χ0v) is 15.5. The van der Waals surface area contributed by atoms with E-state index in [1.54, 1.807) is 0 Å². The van der Waals surface area contributed by atoms with Crippen molar-refractivity contribution < 1.29 is 9.59 Å². The van der Waals surface area contributed by atoms with E-state index in [9.17, 15) is 9.59 Å². The number of halogens is 1. The van der Waals surface area contributed by atoms with Gasteiger partial charge in [0.1, 0.15) is 0 Å². The van der Waals surface area contributed by atoms with Gasteiger partial charge in [-0.1, -0.05) is 29.8 Å². The monoisotopic (exact) mass is 365 g/mol. The molecule has 3 N–H and O–H groups in total. The quantitative estimate of drug-likeness (QED) is 0.720. The number of amides is 2. The zero-order chi connectivity index (χ0) is 16.9. The van der Waals surface area contributed by atoms with Crippen LogP contribution in [0, 0.1) is 6.92 Å². The summed E-state index contributed by atoms with van der Waals surface area (Å²) >= 11 is 0. The van der Waals surface area contributed by atoms with Crippen LogP contribution in [0.1, 0.15) is 43.2 Å². The molecule has 2 aliphatic rings. The third kappa shape index (κ3) is 6.01. The topological polar surface area (TPSA) is 70.2 Å². The van der Waals surface area contributed by atoms with Crippen LogP contribution >= 0.6 is 12.4 Å². The first-order chi connectivity index (χ1) is 11.6. The Bertz CT molecular complexity index is 579. The number of hydrogen-bond acceptors (Lipinski definition) is 3. The average molecular weight is 366 g/mol. The maximum absolute atomic E-state index is 12.0. The van der Waals surface area contributed by atoms with Gasteiger partial charge in [-0.05, 0) is 44.6 Å². The molecular weight excluding hydrogens is 338 g/mol. The van der Waals surface area contributed by atoms with Gasteiger partial charge in [-0.15, -0.1) is 12.4 Å². The van der Waals surface area contributed by atoms with Crippen molar-refractivity contribution in [2.24, 2.45) is 0 Å². The predicted octanol–water partition coefficient (Wildman–Crippen LogP) is 1.86. The second-order valence-electron chi connectivity index (χ2n) is 7.14. The lowest BCUT2D eigenvalue weighted by Gasteiger charge is -2.29. The van der Waals surface area contributed by atoms with Gasteiger partial charge in [0.2, 0.25) is 11.8 Å². The van der Waals surface area contributed by atoms with E-state index in [-0.39, 0.29) is 36.8 Å². The van der Waals surface area contributed by atoms with E-state index in [2.05, 4.69) is 16.0 Å². The summed E-state index contributed by atoms with van der Waals surface area (Å²) in [5.41, 5.74) is 2.36. The first-order valence-corrected chi connectivity index (χ1v) is 8.96. The highest BCUT2D eigenvalue weighted by molar-refractivity contribution is 5.85. The van der Waals surface area contributed by atoms with Crippen LogP contribution in [0.3, 0.4) is 0 Å². The van der Waals surface area contributed by atoms with Crippen molar-refractivity contribution >= 4 is 24.2 Å². The van der Waals surface area contributed by atoms with Gasteiger partial charge in [-0.3, -0.25) is 9.59 Å². The highest BCUT2D eigenvalue weighted by Gasteiger charge is 2.33. The third-order valence-corrected chi connectivity index (χ3v) is 5.05. The molecule has 5 nitrogen and oxygen atoms in total. The van der Waals surface area contributed by atoms with Crippen LogP contribution in [0.5, 0.6) is 0 Å². The summed E-state index contributed by atoms with van der Waals surface area (Å²) in [6.45, 7) is 2.12. The molecule has 0 spiro atoms. The summed E-state index contributed by atoms with van der Waals surface area (Å²) in [4.78, 5) is 23.9. The Morgan fingerprint density at radius 3 is 2.36 bits per heavy atom. The van der Waals surface area contributed by atoms with Gasteiger partial charge in [-0.2, -0.15) is 0 Å². The number of carbonyl (C=O) groups excluding carboxylic acids is 2. The van der Waals surface area contributed by atoms with Gasteiger partial charge in [0, 0.05) is 24.5 Å². The third-order valence-electron chi connectivity index (χ3n) is 5.05. The first-order valence-electron chi connectivity index (χ1n) is 8.96. The fourth-order valence-electron chi connectivity index (χ4n) is 3.73. The minimum absolute atomic E-state index is 0. The molecule has 1 aromatic carbocycles. The molecule has 2 heterocycles. The van der Waals surface area contributed by atoms with E-state index in [0.717, 1.165) is 18.4 Å². The number of carbonyl (C=O) groups is 2. The maximum atomic E-state index is 12.0. The van der Waals surface area contributed by atoms with Crippen LogP contribution in [0.2, 0.25) is 0 Å². The minimum Gasteiger partial charge on any atom is -0.352 e. The lowest BCUT2D eigenvalue weighted by molar-refractivity contribution is -0.126. The molecule has 2 atom stereocenters. The normalized spacial score (nSPS) is 24.3. The van der Waals surface area contributed by atoms with Crippen LogP contribution in [0.25, 0.3) is 0 Å². The molecular formula is C19H28ClN3O2. The molecule has 2 unspecified atom stereocenters. The smallest absolute Gasteiger partial charge is 0.239 e. The SMILES string of the molecule is Cc1ccc(CCC(=O)NCC(=O)NC2CC3CCC(C2)N3)cc1.Cl. The minimum atomic E-state index is -0.0787. The van der Waals surface area contributed by atoms with Gasteiger partial charge in [0.05, 0.1) is 6.54 Å². The fourth-order valence-corrected chi connectivity index (χ4v) is 3.73. The van der Waals surface area contributed by atoms with Crippen LogP contribution in [-0.2, 0) is 16.0 Å². The summed E-state index contributed by atoms with van der Waals surface area (Å²) in [7, 11) is 0. The number of nitrogens with one attached hydrogen (secondary N) is 3. The Balaban J connectivity index is 0.00000225. The molecule has 25 heavy (non-hydrogen) atoms. The molecule has 3 rings (SSSR count). The first kappa shape index (κ1) is 19.7. The molecule has 0 aliphatic carbocycles. The van der Waals surface area contributed by atoms with E-state index < -0.39 is 0 Å². The lowest BCUT2D eigenvalue weighted by Crippen LogP contribution is -2.50. The summed E-state index contributed by atoms with van der Waals surface area (Å²) in [6, 6.07) is 9.54. The molecule has 1 aromatic rings. The Morgan fingerprint density at radius 1 is 1.08 bits per heavy atom. The van der Waals surface area contributed by atoms with Crippen LogP contribution in [0.4, 0.5) is 0 Å². The second-order valence-corrected chi connectivity index (χ2v) is 7.14. The zero-order valence-electron chi connectivity index (χ0n) is 14.7. The Hall–Kier alpha value is -1.59. The molecule has 2 aliphatic heterocycles. The molecule has 2 bridgehead atoms. The average Bonchev–Trinajstić information content (AvgIpc) is 2.91. The van der Waals surface area contributed by atoms with Gasteiger partial charge in [0.25, 0.3) is 0 Å². The second kappa shape index (κ2) is 9.20. The van der Waals surface area contributed by atoms with Gasteiger partial charge in [-0.25, -0.2) is 0 Å². The summed E-state index contributed by atoms with van der Waals surface area (Å²) in [5, 5.41) is 9.34. The fraction of sp³-hybridized carbons (Fsp3) is 0.579. The van der Waals surface area contributed by atoms with E-state index in [0.29, 0.717) is 24.9 Å². The number of aryl methyl sites for hydroxylation is 2. The number of hydrogen-bond donors (Lipinski definition) is 3. The molecule has 2 amide bonds. The lowest BCUT2D eigenvalue weighted by atomic mass is 10.00. The van der Waals surface area contributed by atoms with Crippen molar-refractivity contribution in [1.29, 1.82) is 0 Å². The molecule has 138 valence electrons. The van der Waals surface area contributed by atoms with Crippen molar-refractivity contribution in [3.8, 4) is 0 Å². The summed E-state index contributed by atoms with van der Waals surface area (Å²) in [5.74, 6) is -0.152. The number of piperidine rings is 1. The Kier molecular flexibility index (Phi) is 7.26. The van der Waals surface area contributed by atoms with Gasteiger partial charge in [0.15, 0.2) is 0 Å².